The van der Waals surface area contributed by atoms with Crippen molar-refractivity contribution < 1.29 is 9.59 Å². The first-order valence-corrected chi connectivity index (χ1v) is 17.2. The lowest BCUT2D eigenvalue weighted by Crippen LogP contribution is -2.52. The van der Waals surface area contributed by atoms with Gasteiger partial charge in [-0.3, -0.25) is 19.4 Å². The smallest absolute Gasteiger partial charge is 0.236 e. The number of nitrogens with zero attached hydrogens (tertiary/aromatic N) is 4. The van der Waals surface area contributed by atoms with Gasteiger partial charge < -0.3 is 14.8 Å². The molecular weight excluding hydrogens is 554 g/mol. The van der Waals surface area contributed by atoms with Crippen LogP contribution in [0.25, 0.3) is 21.5 Å². The van der Waals surface area contributed by atoms with Crippen LogP contribution in [0.15, 0.2) is 24.3 Å². The van der Waals surface area contributed by atoms with Crippen LogP contribution < -0.4 is 0 Å². The molecule has 0 saturated carbocycles. The maximum Gasteiger partial charge on any atom is 0.236 e. The minimum atomic E-state index is -0.498. The Balaban J connectivity index is 1.12. The number of nitrogens with one attached hydrogen (secondary N) is 1. The van der Waals surface area contributed by atoms with Crippen molar-refractivity contribution in [2.75, 3.05) is 65.4 Å². The molecule has 1 aromatic carbocycles. The van der Waals surface area contributed by atoms with Gasteiger partial charge in [0.25, 0.3) is 0 Å². The van der Waals surface area contributed by atoms with Crippen molar-refractivity contribution in [3.63, 3.8) is 0 Å². The van der Waals surface area contributed by atoms with Gasteiger partial charge in [0.05, 0.1) is 23.7 Å². The van der Waals surface area contributed by atoms with Gasteiger partial charge in [-0.15, -0.1) is 11.3 Å². The number of carbonyl (C=O) groups excluding carboxylic acids is 2. The Bertz CT molecular complexity index is 1490. The predicted octanol–water partition coefficient (Wildman–Crippen LogP) is 4.85. The number of aryl methyl sites for hydroxylation is 2. The van der Waals surface area contributed by atoms with E-state index in [4.69, 9.17) is 0 Å². The van der Waals surface area contributed by atoms with Gasteiger partial charge in [0.15, 0.2) is 5.78 Å². The van der Waals surface area contributed by atoms with Crippen molar-refractivity contribution in [1.82, 2.24) is 24.6 Å². The topological polar surface area (TPSA) is 62.9 Å². The Labute approximate surface area is 260 Å². The number of thiophene rings is 1. The Morgan fingerprint density at radius 1 is 0.907 bits per heavy atom. The molecule has 7 nitrogen and oxygen atoms in total. The number of hydrogen-bond donors (Lipinski definition) is 1. The third kappa shape index (κ3) is 5.49. The summed E-state index contributed by atoms with van der Waals surface area (Å²) in [6, 6.07) is 9.25. The van der Waals surface area contributed by atoms with Crippen LogP contribution in [-0.2, 0) is 21.4 Å². The summed E-state index contributed by atoms with van der Waals surface area (Å²) in [5.74, 6) is 1.23. The number of piperazine rings is 1. The quantitative estimate of drug-likeness (QED) is 0.380. The van der Waals surface area contributed by atoms with E-state index in [1.807, 2.05) is 4.90 Å². The van der Waals surface area contributed by atoms with Crippen molar-refractivity contribution in [3.05, 3.63) is 45.8 Å². The highest BCUT2D eigenvalue weighted by Gasteiger charge is 2.49. The predicted molar refractivity (Wildman–Crippen MR) is 175 cm³/mol. The molecule has 8 heteroatoms. The fraction of sp³-hybridized carbons (Fsp3) is 0.600. The maximum absolute atomic E-state index is 14.0. The van der Waals surface area contributed by atoms with Crippen LogP contribution in [0.5, 0.6) is 0 Å². The first-order valence-electron chi connectivity index (χ1n) is 16.4. The molecule has 1 unspecified atom stereocenters. The van der Waals surface area contributed by atoms with Crippen molar-refractivity contribution in [1.29, 1.82) is 0 Å². The molecule has 230 valence electrons. The molecule has 4 aliphatic rings. The van der Waals surface area contributed by atoms with Crippen LogP contribution in [-0.4, -0.2) is 108 Å². The van der Waals surface area contributed by atoms with E-state index < -0.39 is 5.41 Å². The summed E-state index contributed by atoms with van der Waals surface area (Å²) in [6.45, 7) is 18.1. The number of benzene rings is 1. The van der Waals surface area contributed by atoms with Gasteiger partial charge >= 0.3 is 0 Å². The Morgan fingerprint density at radius 2 is 1.58 bits per heavy atom. The third-order valence-corrected chi connectivity index (χ3v) is 12.1. The average molecular weight is 602 g/mol. The first kappa shape index (κ1) is 29.2. The number of H-pyrrole nitrogens is 1. The van der Waals surface area contributed by atoms with Gasteiger partial charge in [-0.25, -0.2) is 0 Å². The normalized spacial score (nSPS) is 24.7. The van der Waals surface area contributed by atoms with Crippen LogP contribution in [0.1, 0.15) is 54.7 Å². The molecule has 4 aliphatic heterocycles. The zero-order chi connectivity index (χ0) is 29.9. The number of carbonyl (C=O) groups is 2. The number of aromatic amines is 1. The number of ketones is 1. The van der Waals surface area contributed by atoms with Gasteiger partial charge in [-0.1, -0.05) is 17.2 Å². The van der Waals surface area contributed by atoms with Gasteiger partial charge in [-0.2, -0.15) is 0 Å². The minimum Gasteiger partial charge on any atom is -0.346 e. The second-order valence-corrected chi connectivity index (χ2v) is 15.2. The lowest BCUT2D eigenvalue weighted by molar-refractivity contribution is -0.136. The second-order valence-electron chi connectivity index (χ2n) is 14.1. The summed E-state index contributed by atoms with van der Waals surface area (Å²) in [5.41, 5.74) is 5.89. The first-order chi connectivity index (χ1) is 20.7. The molecule has 2 bridgehead atoms. The number of likely N-dealkylation sites (tertiary alicyclic amines) is 1. The highest BCUT2D eigenvalue weighted by Crippen LogP contribution is 2.44. The largest absolute Gasteiger partial charge is 0.346 e. The van der Waals surface area contributed by atoms with E-state index in [-0.39, 0.29) is 6.04 Å². The summed E-state index contributed by atoms with van der Waals surface area (Å²) in [7, 11) is 0. The summed E-state index contributed by atoms with van der Waals surface area (Å²) in [5, 5.41) is 1.28. The van der Waals surface area contributed by atoms with Crippen LogP contribution >= 0.6 is 11.3 Å². The summed E-state index contributed by atoms with van der Waals surface area (Å²) < 4.78 is 0. The Hall–Kier alpha value is -2.52. The molecule has 7 rings (SSSR count). The lowest BCUT2D eigenvalue weighted by atomic mass is 9.79. The van der Waals surface area contributed by atoms with Crippen LogP contribution in [0.4, 0.5) is 0 Å². The van der Waals surface area contributed by atoms with Crippen LogP contribution in [0, 0.1) is 19.8 Å². The summed E-state index contributed by atoms with van der Waals surface area (Å²) in [6.07, 6.45) is 4.45. The fourth-order valence-corrected chi connectivity index (χ4v) is 9.14. The summed E-state index contributed by atoms with van der Waals surface area (Å²) >= 11 is 1.78. The van der Waals surface area contributed by atoms with Gasteiger partial charge in [0.2, 0.25) is 5.91 Å². The van der Waals surface area contributed by atoms with E-state index in [0.717, 1.165) is 71.7 Å². The number of rotatable bonds is 9. The second kappa shape index (κ2) is 11.4. The van der Waals surface area contributed by atoms with Crippen molar-refractivity contribution in [2.45, 2.75) is 64.8 Å². The number of aromatic nitrogens is 1. The van der Waals surface area contributed by atoms with Gasteiger partial charge in [0, 0.05) is 56.1 Å². The zero-order valence-corrected chi connectivity index (χ0v) is 27.2. The van der Waals surface area contributed by atoms with E-state index in [0.29, 0.717) is 24.2 Å². The molecule has 0 aliphatic carbocycles. The van der Waals surface area contributed by atoms with Crippen molar-refractivity contribution >= 4 is 33.2 Å². The third-order valence-electron chi connectivity index (χ3n) is 10.7. The number of piperidine rings is 1. The number of Topliss-reactive ketones (excluding diaryl/α,β-unsaturated/α-hetero) is 1. The molecule has 6 heterocycles. The SMILES string of the molecule is Cc1cc(C)cc(-c2[nH]c3sc(C(C)(C)C(=O)C4C5CCN4CC5)cc3c2CCN2CCN(CC(=O)N3CCC3)CC2)c1. The van der Waals surface area contributed by atoms with Gasteiger partial charge in [0.1, 0.15) is 4.83 Å². The molecule has 4 saturated heterocycles. The van der Waals surface area contributed by atoms with Gasteiger partial charge in [-0.05, 0) is 102 Å². The average Bonchev–Trinajstić information content (AvgIpc) is 3.71. The molecule has 0 radical (unpaired) electrons. The Kier molecular flexibility index (Phi) is 7.77. The highest BCUT2D eigenvalue weighted by molar-refractivity contribution is 7.19. The molecule has 1 atom stereocenters. The summed E-state index contributed by atoms with van der Waals surface area (Å²) in [4.78, 5) is 41.9. The maximum atomic E-state index is 14.0. The van der Waals surface area contributed by atoms with Crippen molar-refractivity contribution in [3.8, 4) is 11.3 Å². The zero-order valence-electron chi connectivity index (χ0n) is 26.4. The highest BCUT2D eigenvalue weighted by atomic mass is 32.1. The minimum absolute atomic E-state index is 0.0978. The van der Waals surface area contributed by atoms with E-state index in [1.165, 1.54) is 55.9 Å². The van der Waals surface area contributed by atoms with E-state index >= 15 is 0 Å². The standard InChI is InChI=1S/C35H47N5O2S/c1-23-18-24(2)20-26(19-23)31-27(8-11-37-14-16-38(17-15-37)22-30(41)39-9-5-10-39)28-21-29(43-34(28)36-31)35(3,4)33(42)32-25-6-12-40(32)13-7-25/h18-21,25,32,36H,5-17,22H2,1-4H3. The van der Waals surface area contributed by atoms with Crippen LogP contribution in [0.2, 0.25) is 0 Å². The molecule has 43 heavy (non-hydrogen) atoms. The van der Waals surface area contributed by atoms with E-state index in [1.54, 1.807) is 11.3 Å². The number of fused-ring (bicyclic) bond motifs is 3. The molecular formula is C35H47N5O2S. The number of hydrogen-bond acceptors (Lipinski definition) is 6. The fourth-order valence-electron chi connectivity index (χ4n) is 7.95. The molecule has 2 aromatic heterocycles. The molecule has 0 spiro atoms. The monoisotopic (exact) mass is 601 g/mol. The number of amides is 1. The lowest BCUT2D eigenvalue weighted by Gasteiger charge is -2.37. The van der Waals surface area contributed by atoms with E-state index in [9.17, 15) is 9.59 Å². The molecule has 1 N–H and O–H groups in total. The van der Waals surface area contributed by atoms with E-state index in [2.05, 4.69) is 71.6 Å². The Morgan fingerprint density at radius 3 is 2.19 bits per heavy atom. The molecule has 4 fully saturated rings. The molecule has 3 aromatic rings. The van der Waals surface area contributed by atoms with Crippen LogP contribution in [0.3, 0.4) is 0 Å². The van der Waals surface area contributed by atoms with Crippen molar-refractivity contribution in [2.24, 2.45) is 5.92 Å². The molecule has 1 amide bonds.